The number of nitrogens with one attached hydrogen (secondary N) is 1. The summed E-state index contributed by atoms with van der Waals surface area (Å²) in [6.07, 6.45) is 0.484. The van der Waals surface area contributed by atoms with Crippen molar-refractivity contribution in [3.63, 3.8) is 0 Å². The molecule has 11 heteroatoms. The maximum atomic E-state index is 12.9. The SMILES string of the molecule is CC(=O)OC(C)Oc1ccccc1C(=O)NCc1coc(-c2ccc(OC(F)F)c(OCc3ccccc3)c2)n1. The molecule has 0 spiro atoms. The molecule has 1 atom stereocenters. The Balaban J connectivity index is 1.44. The van der Waals surface area contributed by atoms with Gasteiger partial charge in [0.05, 0.1) is 17.8 Å². The van der Waals surface area contributed by atoms with Gasteiger partial charge in [-0.25, -0.2) is 4.98 Å². The molecule has 0 saturated carbocycles. The first-order valence-electron chi connectivity index (χ1n) is 12.2. The average Bonchev–Trinajstić information content (AvgIpc) is 3.40. The summed E-state index contributed by atoms with van der Waals surface area (Å²) in [6.45, 7) is -0.0636. The van der Waals surface area contributed by atoms with Gasteiger partial charge in [-0.2, -0.15) is 8.78 Å². The summed E-state index contributed by atoms with van der Waals surface area (Å²) in [5.41, 5.74) is 1.95. The number of carbonyl (C=O) groups excluding carboxylic acids is 2. The average molecular weight is 553 g/mol. The lowest BCUT2D eigenvalue weighted by Gasteiger charge is -2.16. The molecule has 40 heavy (non-hydrogen) atoms. The van der Waals surface area contributed by atoms with Gasteiger partial charge in [0.2, 0.25) is 12.2 Å². The Kier molecular flexibility index (Phi) is 9.29. The predicted molar refractivity (Wildman–Crippen MR) is 139 cm³/mol. The maximum Gasteiger partial charge on any atom is 0.387 e. The van der Waals surface area contributed by atoms with Crippen LogP contribution in [-0.4, -0.2) is 29.8 Å². The fraction of sp³-hybridized carbons (Fsp3) is 0.207. The Hall–Kier alpha value is -4.93. The van der Waals surface area contributed by atoms with Crippen molar-refractivity contribution in [3.05, 3.63) is 95.9 Å². The summed E-state index contributed by atoms with van der Waals surface area (Å²) in [5.74, 6) is -0.561. The summed E-state index contributed by atoms with van der Waals surface area (Å²) in [4.78, 5) is 28.4. The normalized spacial score (nSPS) is 11.5. The van der Waals surface area contributed by atoms with Gasteiger partial charge >= 0.3 is 12.6 Å². The molecular weight excluding hydrogens is 526 g/mol. The number of alkyl halides is 2. The molecule has 0 saturated heterocycles. The Morgan fingerprint density at radius 1 is 0.950 bits per heavy atom. The van der Waals surface area contributed by atoms with Gasteiger partial charge in [0, 0.05) is 19.4 Å². The van der Waals surface area contributed by atoms with E-state index >= 15 is 0 Å². The molecule has 9 nitrogen and oxygen atoms in total. The summed E-state index contributed by atoms with van der Waals surface area (Å²) in [6, 6.07) is 20.1. The van der Waals surface area contributed by atoms with Crippen molar-refractivity contribution in [2.45, 2.75) is 39.9 Å². The number of halogens is 2. The molecule has 0 aliphatic heterocycles. The van der Waals surface area contributed by atoms with Crippen molar-refractivity contribution in [1.29, 1.82) is 0 Å². The number of oxazole rings is 1. The van der Waals surface area contributed by atoms with Crippen molar-refractivity contribution in [2.24, 2.45) is 0 Å². The van der Waals surface area contributed by atoms with E-state index in [1.165, 1.54) is 38.3 Å². The molecule has 1 amide bonds. The zero-order valence-corrected chi connectivity index (χ0v) is 21.6. The Morgan fingerprint density at radius 3 is 2.45 bits per heavy atom. The predicted octanol–water partition coefficient (Wildman–Crippen LogP) is 5.74. The second kappa shape index (κ2) is 13.2. The number of aromatic nitrogens is 1. The van der Waals surface area contributed by atoms with E-state index in [1.807, 2.05) is 30.3 Å². The number of amides is 1. The third-order valence-electron chi connectivity index (χ3n) is 5.38. The van der Waals surface area contributed by atoms with Gasteiger partial charge in [0.25, 0.3) is 5.91 Å². The van der Waals surface area contributed by atoms with Crippen LogP contribution in [0.5, 0.6) is 17.2 Å². The highest BCUT2D eigenvalue weighted by Gasteiger charge is 2.18. The fourth-order valence-corrected chi connectivity index (χ4v) is 3.66. The molecule has 0 fully saturated rings. The quantitative estimate of drug-likeness (QED) is 0.175. The van der Waals surface area contributed by atoms with Crippen LogP contribution in [0.4, 0.5) is 8.78 Å². The van der Waals surface area contributed by atoms with Crippen LogP contribution in [0.1, 0.15) is 35.5 Å². The number of rotatable bonds is 12. The van der Waals surface area contributed by atoms with Crippen LogP contribution in [-0.2, 0) is 22.7 Å². The van der Waals surface area contributed by atoms with Crippen molar-refractivity contribution in [3.8, 4) is 28.7 Å². The molecule has 0 aliphatic rings. The molecular formula is C29H26F2N2O7. The number of nitrogens with zero attached hydrogens (tertiary/aromatic N) is 1. The number of benzene rings is 3. The van der Waals surface area contributed by atoms with E-state index in [2.05, 4.69) is 15.0 Å². The van der Waals surface area contributed by atoms with E-state index in [0.717, 1.165) is 5.56 Å². The van der Waals surface area contributed by atoms with E-state index in [1.54, 1.807) is 24.3 Å². The molecule has 4 rings (SSSR count). The van der Waals surface area contributed by atoms with Gasteiger partial charge in [-0.1, -0.05) is 42.5 Å². The third kappa shape index (κ3) is 7.79. The molecule has 208 valence electrons. The fourth-order valence-electron chi connectivity index (χ4n) is 3.66. The molecule has 0 aliphatic carbocycles. The van der Waals surface area contributed by atoms with Gasteiger partial charge in [0.15, 0.2) is 11.5 Å². The lowest BCUT2D eigenvalue weighted by atomic mass is 10.2. The van der Waals surface area contributed by atoms with Crippen LogP contribution in [0, 0.1) is 0 Å². The van der Waals surface area contributed by atoms with Crippen LogP contribution in [0.25, 0.3) is 11.5 Å². The van der Waals surface area contributed by atoms with Crippen LogP contribution in [0.15, 0.2) is 83.5 Å². The summed E-state index contributed by atoms with van der Waals surface area (Å²) >= 11 is 0. The summed E-state index contributed by atoms with van der Waals surface area (Å²) in [7, 11) is 0. The first kappa shape index (κ1) is 28.1. The van der Waals surface area contributed by atoms with Crippen molar-refractivity contribution in [1.82, 2.24) is 10.3 Å². The van der Waals surface area contributed by atoms with Gasteiger partial charge in [-0.15, -0.1) is 0 Å². The van der Waals surface area contributed by atoms with E-state index in [4.69, 9.17) is 18.6 Å². The smallest absolute Gasteiger partial charge is 0.387 e. The minimum absolute atomic E-state index is 0.0279. The molecule has 0 bridgehead atoms. The van der Waals surface area contributed by atoms with E-state index in [9.17, 15) is 18.4 Å². The van der Waals surface area contributed by atoms with Crippen LogP contribution >= 0.6 is 0 Å². The minimum Gasteiger partial charge on any atom is -0.485 e. The number of para-hydroxylation sites is 1. The maximum absolute atomic E-state index is 12.9. The zero-order chi connectivity index (χ0) is 28.5. The largest absolute Gasteiger partial charge is 0.485 e. The van der Waals surface area contributed by atoms with E-state index in [0.29, 0.717) is 11.3 Å². The molecule has 1 unspecified atom stereocenters. The van der Waals surface area contributed by atoms with Gasteiger partial charge in [-0.05, 0) is 35.9 Å². The second-order valence-corrected chi connectivity index (χ2v) is 8.43. The molecule has 3 aromatic carbocycles. The highest BCUT2D eigenvalue weighted by Crippen LogP contribution is 2.34. The van der Waals surface area contributed by atoms with Gasteiger partial charge in [0.1, 0.15) is 18.6 Å². The standard InChI is InChI=1S/C29H26F2N2O7/c1-18(34)38-19(2)39-24-11-7-6-10-23(24)27(35)32-15-22-17-37-28(33-22)21-12-13-25(40-29(30)31)26(14-21)36-16-20-8-4-3-5-9-20/h3-14,17,19,29H,15-16H2,1-2H3,(H,32,35). The highest BCUT2D eigenvalue weighted by molar-refractivity contribution is 5.96. The van der Waals surface area contributed by atoms with Crippen molar-refractivity contribution < 1.29 is 41.7 Å². The molecule has 4 aromatic rings. The number of hydrogen-bond acceptors (Lipinski definition) is 8. The Labute approximate surface area is 228 Å². The highest BCUT2D eigenvalue weighted by atomic mass is 19.3. The number of esters is 1. The lowest BCUT2D eigenvalue weighted by Crippen LogP contribution is -2.25. The third-order valence-corrected chi connectivity index (χ3v) is 5.38. The summed E-state index contributed by atoms with van der Waals surface area (Å²) in [5, 5.41) is 2.74. The van der Waals surface area contributed by atoms with Gasteiger partial charge in [-0.3, -0.25) is 9.59 Å². The summed E-state index contributed by atoms with van der Waals surface area (Å²) < 4.78 is 52.3. The monoisotopic (exact) mass is 552 g/mol. The van der Waals surface area contributed by atoms with Gasteiger partial charge < -0.3 is 28.7 Å². The van der Waals surface area contributed by atoms with Crippen LogP contribution in [0.3, 0.4) is 0 Å². The Bertz CT molecular complexity index is 1440. The van der Waals surface area contributed by atoms with Crippen LogP contribution < -0.4 is 19.5 Å². The minimum atomic E-state index is -3.03. The van der Waals surface area contributed by atoms with Crippen molar-refractivity contribution >= 4 is 11.9 Å². The number of carbonyl (C=O) groups is 2. The zero-order valence-electron chi connectivity index (χ0n) is 21.6. The van der Waals surface area contributed by atoms with E-state index < -0.39 is 24.8 Å². The van der Waals surface area contributed by atoms with Crippen LogP contribution in [0.2, 0.25) is 0 Å². The Morgan fingerprint density at radius 2 is 1.70 bits per heavy atom. The molecule has 1 heterocycles. The first-order chi connectivity index (χ1) is 19.3. The number of hydrogen-bond donors (Lipinski definition) is 1. The molecule has 1 N–H and O–H groups in total. The second-order valence-electron chi connectivity index (χ2n) is 8.43. The molecule has 1 aromatic heterocycles. The van der Waals surface area contributed by atoms with Crippen molar-refractivity contribution in [2.75, 3.05) is 0 Å². The number of ether oxygens (including phenoxy) is 4. The first-order valence-corrected chi connectivity index (χ1v) is 12.2. The topological polar surface area (TPSA) is 109 Å². The lowest BCUT2D eigenvalue weighted by molar-refractivity contribution is -0.158. The molecule has 0 radical (unpaired) electrons. The van der Waals surface area contributed by atoms with E-state index in [-0.39, 0.29) is 41.9 Å².